The summed E-state index contributed by atoms with van der Waals surface area (Å²) in [5.74, 6) is -0.463. The zero-order chi connectivity index (χ0) is 15.4. The van der Waals surface area contributed by atoms with Crippen molar-refractivity contribution in [2.75, 3.05) is 6.54 Å². The molecule has 0 atom stereocenters. The number of amides is 1. The van der Waals surface area contributed by atoms with E-state index in [1.807, 2.05) is 0 Å². The first-order valence-electron chi connectivity index (χ1n) is 5.53. The minimum Gasteiger partial charge on any atom is -0.356 e. The van der Waals surface area contributed by atoms with Gasteiger partial charge < -0.3 is 5.32 Å². The zero-order valence-corrected chi connectivity index (χ0v) is 11.9. The Bertz CT molecular complexity index is 567. The van der Waals surface area contributed by atoms with Gasteiger partial charge in [0.15, 0.2) is 0 Å². The Morgan fingerprint density at radius 3 is 2.50 bits per heavy atom. The standard InChI is InChI=1S/C10H13F3N2O3S2/c11-10(12,13)4-1-5-15-8(16)6-7-2-3-9(19-7)20(14,17)18/h2-3H,1,4-6H2,(H,15,16)(H2,14,17,18). The number of halogens is 3. The van der Waals surface area contributed by atoms with Crippen LogP contribution in [0, 0.1) is 0 Å². The molecule has 0 saturated carbocycles. The van der Waals surface area contributed by atoms with Crippen LogP contribution < -0.4 is 10.5 Å². The largest absolute Gasteiger partial charge is 0.389 e. The van der Waals surface area contributed by atoms with Crippen LogP contribution in [-0.2, 0) is 21.2 Å². The summed E-state index contributed by atoms with van der Waals surface area (Å²) >= 11 is 0.858. The van der Waals surface area contributed by atoms with Crippen LogP contribution in [0.25, 0.3) is 0 Å². The molecule has 0 fully saturated rings. The van der Waals surface area contributed by atoms with E-state index in [-0.39, 0.29) is 23.6 Å². The summed E-state index contributed by atoms with van der Waals surface area (Å²) in [7, 11) is -3.79. The number of hydrogen-bond acceptors (Lipinski definition) is 4. The SMILES string of the molecule is NS(=O)(=O)c1ccc(CC(=O)NCCCC(F)(F)F)s1. The molecule has 1 amide bonds. The van der Waals surface area contributed by atoms with Gasteiger partial charge in [0.05, 0.1) is 6.42 Å². The second kappa shape index (κ2) is 6.55. The molecule has 114 valence electrons. The van der Waals surface area contributed by atoms with Gasteiger partial charge in [-0.25, -0.2) is 13.6 Å². The lowest BCUT2D eigenvalue weighted by molar-refractivity contribution is -0.136. The topological polar surface area (TPSA) is 89.3 Å². The predicted molar refractivity (Wildman–Crippen MR) is 67.7 cm³/mol. The summed E-state index contributed by atoms with van der Waals surface area (Å²) in [6, 6.07) is 2.73. The van der Waals surface area contributed by atoms with Crippen molar-refractivity contribution in [1.82, 2.24) is 5.32 Å². The highest BCUT2D eigenvalue weighted by atomic mass is 32.2. The van der Waals surface area contributed by atoms with E-state index in [0.717, 1.165) is 11.3 Å². The minimum absolute atomic E-state index is 0.0580. The number of alkyl halides is 3. The molecule has 20 heavy (non-hydrogen) atoms. The average Bonchev–Trinajstić information content (AvgIpc) is 2.71. The number of nitrogens with one attached hydrogen (secondary N) is 1. The van der Waals surface area contributed by atoms with Crippen molar-refractivity contribution in [3.63, 3.8) is 0 Å². The molecule has 0 unspecified atom stereocenters. The lowest BCUT2D eigenvalue weighted by Crippen LogP contribution is -2.26. The summed E-state index contributed by atoms with van der Waals surface area (Å²) < 4.78 is 57.6. The fourth-order valence-corrected chi connectivity index (χ4v) is 3.12. The number of sulfonamides is 1. The predicted octanol–water partition coefficient (Wildman–Crippen LogP) is 1.40. The third kappa shape index (κ3) is 6.35. The number of carbonyl (C=O) groups excluding carboxylic acids is 1. The van der Waals surface area contributed by atoms with Gasteiger partial charge in [-0.2, -0.15) is 13.2 Å². The van der Waals surface area contributed by atoms with Crippen molar-refractivity contribution in [2.24, 2.45) is 5.14 Å². The van der Waals surface area contributed by atoms with Gasteiger partial charge in [0.2, 0.25) is 15.9 Å². The Kier molecular flexibility index (Phi) is 5.54. The second-order valence-corrected chi connectivity index (χ2v) is 6.97. The summed E-state index contributed by atoms with van der Waals surface area (Å²) in [5, 5.41) is 7.25. The number of nitrogens with two attached hydrogens (primary N) is 1. The van der Waals surface area contributed by atoms with E-state index >= 15 is 0 Å². The fourth-order valence-electron chi connectivity index (χ4n) is 1.34. The monoisotopic (exact) mass is 330 g/mol. The van der Waals surface area contributed by atoms with Crippen LogP contribution in [0.3, 0.4) is 0 Å². The van der Waals surface area contributed by atoms with Crippen LogP contribution >= 0.6 is 11.3 Å². The fraction of sp³-hybridized carbons (Fsp3) is 0.500. The van der Waals surface area contributed by atoms with E-state index in [1.165, 1.54) is 12.1 Å². The lowest BCUT2D eigenvalue weighted by Gasteiger charge is -2.06. The normalized spacial score (nSPS) is 12.4. The first-order valence-corrected chi connectivity index (χ1v) is 7.89. The third-order valence-corrected chi connectivity index (χ3v) is 4.74. The Balaban J connectivity index is 2.38. The molecule has 0 aliphatic heterocycles. The van der Waals surface area contributed by atoms with Crippen molar-refractivity contribution in [3.05, 3.63) is 17.0 Å². The van der Waals surface area contributed by atoms with Gasteiger partial charge >= 0.3 is 6.18 Å². The van der Waals surface area contributed by atoms with Crippen molar-refractivity contribution < 1.29 is 26.4 Å². The highest BCUT2D eigenvalue weighted by Crippen LogP contribution is 2.21. The highest BCUT2D eigenvalue weighted by molar-refractivity contribution is 7.91. The molecule has 0 saturated heterocycles. The van der Waals surface area contributed by atoms with Gasteiger partial charge in [-0.05, 0) is 18.6 Å². The van der Waals surface area contributed by atoms with Crippen LogP contribution in [0.5, 0.6) is 0 Å². The third-order valence-electron chi connectivity index (χ3n) is 2.21. The van der Waals surface area contributed by atoms with E-state index in [0.29, 0.717) is 4.88 Å². The summed E-state index contributed by atoms with van der Waals surface area (Å²) in [5.41, 5.74) is 0. The van der Waals surface area contributed by atoms with Crippen molar-refractivity contribution in [2.45, 2.75) is 29.6 Å². The molecule has 5 nitrogen and oxygen atoms in total. The number of rotatable bonds is 6. The van der Waals surface area contributed by atoms with Gasteiger partial charge in [0, 0.05) is 17.8 Å². The van der Waals surface area contributed by atoms with E-state index in [1.54, 1.807) is 0 Å². The van der Waals surface area contributed by atoms with E-state index < -0.39 is 28.5 Å². The van der Waals surface area contributed by atoms with Gasteiger partial charge in [0.25, 0.3) is 0 Å². The maximum atomic E-state index is 11.9. The van der Waals surface area contributed by atoms with Crippen LogP contribution in [0.4, 0.5) is 13.2 Å². The van der Waals surface area contributed by atoms with Crippen molar-refractivity contribution >= 4 is 27.3 Å². The molecule has 1 rings (SSSR count). The molecule has 1 heterocycles. The van der Waals surface area contributed by atoms with Gasteiger partial charge in [0.1, 0.15) is 4.21 Å². The summed E-state index contributed by atoms with van der Waals surface area (Å²) in [6.07, 6.45) is -5.47. The first kappa shape index (κ1) is 16.9. The molecule has 0 spiro atoms. The Morgan fingerprint density at radius 1 is 1.35 bits per heavy atom. The number of carbonyl (C=O) groups is 1. The number of hydrogen-bond donors (Lipinski definition) is 2. The molecular weight excluding hydrogens is 317 g/mol. The molecule has 3 N–H and O–H groups in total. The second-order valence-electron chi connectivity index (χ2n) is 4.01. The first-order chi connectivity index (χ1) is 9.08. The molecule has 0 radical (unpaired) electrons. The number of thiophene rings is 1. The van der Waals surface area contributed by atoms with Crippen molar-refractivity contribution in [1.29, 1.82) is 0 Å². The van der Waals surface area contributed by atoms with Gasteiger partial charge in [-0.3, -0.25) is 4.79 Å². The maximum Gasteiger partial charge on any atom is 0.389 e. The maximum absolute atomic E-state index is 11.9. The average molecular weight is 330 g/mol. The minimum atomic E-state index is -4.23. The highest BCUT2D eigenvalue weighted by Gasteiger charge is 2.26. The van der Waals surface area contributed by atoms with Crippen molar-refractivity contribution in [3.8, 4) is 0 Å². The van der Waals surface area contributed by atoms with Crippen LogP contribution in [0.15, 0.2) is 16.3 Å². The molecule has 0 aromatic carbocycles. The molecule has 1 aromatic rings. The number of primary sulfonamides is 1. The van der Waals surface area contributed by atoms with Crippen LogP contribution in [0.2, 0.25) is 0 Å². The summed E-state index contributed by atoms with van der Waals surface area (Å²) in [6.45, 7) is -0.0776. The van der Waals surface area contributed by atoms with Gasteiger partial charge in [-0.1, -0.05) is 0 Å². The zero-order valence-electron chi connectivity index (χ0n) is 10.2. The molecular formula is C10H13F3N2O3S2. The van der Waals surface area contributed by atoms with E-state index in [9.17, 15) is 26.4 Å². The molecule has 0 bridgehead atoms. The molecule has 0 aliphatic rings. The Morgan fingerprint density at radius 2 is 2.00 bits per heavy atom. The van der Waals surface area contributed by atoms with E-state index in [4.69, 9.17) is 5.14 Å². The van der Waals surface area contributed by atoms with Crippen LogP contribution in [0.1, 0.15) is 17.7 Å². The Hall–Kier alpha value is -1.13. The van der Waals surface area contributed by atoms with Crippen LogP contribution in [-0.4, -0.2) is 27.0 Å². The quantitative estimate of drug-likeness (QED) is 0.773. The summed E-state index contributed by atoms with van der Waals surface area (Å²) in [4.78, 5) is 11.9. The van der Waals surface area contributed by atoms with E-state index in [2.05, 4.69) is 5.32 Å². The lowest BCUT2D eigenvalue weighted by atomic mass is 10.3. The molecule has 0 aliphatic carbocycles. The van der Waals surface area contributed by atoms with Gasteiger partial charge in [-0.15, -0.1) is 11.3 Å². The Labute approximate surface area is 118 Å². The molecule has 1 aromatic heterocycles. The molecule has 10 heteroatoms. The smallest absolute Gasteiger partial charge is 0.356 e.